The van der Waals surface area contributed by atoms with E-state index in [-0.39, 0.29) is 23.5 Å². The summed E-state index contributed by atoms with van der Waals surface area (Å²) in [5.74, 6) is 1.00. The first-order valence-corrected chi connectivity index (χ1v) is 11.3. The van der Waals surface area contributed by atoms with E-state index in [1.165, 1.54) is 17.3 Å². The van der Waals surface area contributed by atoms with E-state index in [2.05, 4.69) is 27.6 Å². The van der Waals surface area contributed by atoms with Gasteiger partial charge in [0.1, 0.15) is 0 Å². The number of hydrogen-bond donors (Lipinski definition) is 1. The molecule has 1 fully saturated rings. The molecule has 0 radical (unpaired) electrons. The molecule has 2 heterocycles. The highest BCUT2D eigenvalue weighted by atomic mass is 35.5. The molecule has 0 saturated carbocycles. The summed E-state index contributed by atoms with van der Waals surface area (Å²) in [6.07, 6.45) is 0.506. The lowest BCUT2D eigenvalue weighted by Crippen LogP contribution is -2.26. The molecule has 1 saturated heterocycles. The first-order chi connectivity index (χ1) is 15.0. The molecule has 1 aliphatic heterocycles. The number of thioether (sulfide) groups is 1. The SMILES string of the molecule is Cn1c(CN2C[C@@H](c3ccccc3)CC2=O)nnc1SCC(=O)Nc1ccccc1Cl. The number of aromatic nitrogens is 3. The van der Waals surface area contributed by atoms with Crippen molar-refractivity contribution >= 4 is 40.9 Å². The fraction of sp³-hybridized carbons (Fsp3) is 0.273. The largest absolute Gasteiger partial charge is 0.335 e. The van der Waals surface area contributed by atoms with Gasteiger partial charge in [-0.15, -0.1) is 10.2 Å². The minimum atomic E-state index is -0.178. The zero-order valence-electron chi connectivity index (χ0n) is 17.0. The van der Waals surface area contributed by atoms with Crippen LogP contribution in [0.5, 0.6) is 0 Å². The van der Waals surface area contributed by atoms with Crippen LogP contribution in [0.25, 0.3) is 0 Å². The Morgan fingerprint density at radius 2 is 1.90 bits per heavy atom. The quantitative estimate of drug-likeness (QED) is 0.549. The van der Waals surface area contributed by atoms with Gasteiger partial charge in [0.05, 0.1) is 23.0 Å². The number of benzene rings is 2. The Bertz CT molecular complexity index is 1090. The summed E-state index contributed by atoms with van der Waals surface area (Å²) >= 11 is 7.36. The second-order valence-electron chi connectivity index (χ2n) is 7.36. The number of nitrogens with one attached hydrogen (secondary N) is 1. The molecule has 3 aromatic rings. The number of para-hydroxylation sites is 1. The minimum absolute atomic E-state index is 0.116. The van der Waals surface area contributed by atoms with Crippen molar-refractivity contribution in [2.24, 2.45) is 7.05 Å². The number of likely N-dealkylation sites (tertiary alicyclic amines) is 1. The van der Waals surface area contributed by atoms with Crippen LogP contribution in [0, 0.1) is 0 Å². The Hall–Kier alpha value is -2.84. The summed E-state index contributed by atoms with van der Waals surface area (Å²) < 4.78 is 1.83. The summed E-state index contributed by atoms with van der Waals surface area (Å²) in [5.41, 5.74) is 1.76. The third-order valence-corrected chi connectivity index (χ3v) is 6.57. The van der Waals surface area contributed by atoms with Crippen LogP contribution < -0.4 is 5.32 Å². The third kappa shape index (κ3) is 5.08. The molecule has 1 aromatic heterocycles. The molecule has 0 spiro atoms. The van der Waals surface area contributed by atoms with E-state index in [1.54, 1.807) is 18.2 Å². The Balaban J connectivity index is 1.33. The number of nitrogens with zero attached hydrogens (tertiary/aromatic N) is 4. The standard InChI is InChI=1S/C22H22ClN5O2S/c1-27-19(13-28-12-16(11-21(28)30)15-7-3-2-4-8-15)25-26-22(27)31-14-20(29)24-18-10-6-5-9-17(18)23/h2-10,16H,11-14H2,1H3,(H,24,29)/t16-/m0/s1. The zero-order chi connectivity index (χ0) is 21.8. The molecule has 0 bridgehead atoms. The van der Waals surface area contributed by atoms with E-state index < -0.39 is 0 Å². The van der Waals surface area contributed by atoms with Gasteiger partial charge in [-0.05, 0) is 17.7 Å². The fourth-order valence-corrected chi connectivity index (χ4v) is 4.44. The van der Waals surface area contributed by atoms with Crippen molar-refractivity contribution in [3.05, 3.63) is 71.0 Å². The van der Waals surface area contributed by atoms with Crippen LogP contribution in [0.2, 0.25) is 5.02 Å². The molecule has 1 aliphatic rings. The van der Waals surface area contributed by atoms with Crippen molar-refractivity contribution in [2.45, 2.75) is 24.0 Å². The molecule has 31 heavy (non-hydrogen) atoms. The molecule has 160 valence electrons. The van der Waals surface area contributed by atoms with Crippen LogP contribution in [0.15, 0.2) is 59.8 Å². The van der Waals surface area contributed by atoms with Crippen LogP contribution in [-0.4, -0.2) is 43.8 Å². The number of anilines is 1. The topological polar surface area (TPSA) is 80.1 Å². The molecule has 0 unspecified atom stereocenters. The van der Waals surface area contributed by atoms with Crippen molar-refractivity contribution in [2.75, 3.05) is 17.6 Å². The molecular weight excluding hydrogens is 434 g/mol. The van der Waals surface area contributed by atoms with Gasteiger partial charge in [0.15, 0.2) is 11.0 Å². The van der Waals surface area contributed by atoms with Gasteiger partial charge in [0, 0.05) is 25.9 Å². The van der Waals surface area contributed by atoms with Crippen LogP contribution in [-0.2, 0) is 23.2 Å². The average molecular weight is 456 g/mol. The molecular formula is C22H22ClN5O2S. The maximum absolute atomic E-state index is 12.5. The van der Waals surface area contributed by atoms with Crippen molar-refractivity contribution in [3.8, 4) is 0 Å². The van der Waals surface area contributed by atoms with Crippen molar-refractivity contribution in [3.63, 3.8) is 0 Å². The number of amides is 2. The Morgan fingerprint density at radius 3 is 2.68 bits per heavy atom. The average Bonchev–Trinajstić information content (AvgIpc) is 3.32. The smallest absolute Gasteiger partial charge is 0.234 e. The predicted octanol–water partition coefficient (Wildman–Crippen LogP) is 3.72. The Morgan fingerprint density at radius 1 is 1.16 bits per heavy atom. The zero-order valence-corrected chi connectivity index (χ0v) is 18.6. The molecule has 1 atom stereocenters. The van der Waals surface area contributed by atoms with Crippen LogP contribution in [0.1, 0.15) is 23.7 Å². The van der Waals surface area contributed by atoms with Crippen LogP contribution in [0.4, 0.5) is 5.69 Å². The summed E-state index contributed by atoms with van der Waals surface area (Å²) in [5, 5.41) is 12.3. The van der Waals surface area contributed by atoms with E-state index >= 15 is 0 Å². The van der Waals surface area contributed by atoms with Gasteiger partial charge in [0.25, 0.3) is 0 Å². The van der Waals surface area contributed by atoms with E-state index in [0.29, 0.717) is 41.2 Å². The number of halogens is 1. The third-order valence-electron chi connectivity index (χ3n) is 5.22. The maximum atomic E-state index is 12.5. The summed E-state index contributed by atoms with van der Waals surface area (Å²) in [6, 6.07) is 17.2. The van der Waals surface area contributed by atoms with Gasteiger partial charge in [0.2, 0.25) is 11.8 Å². The molecule has 2 amide bonds. The van der Waals surface area contributed by atoms with Gasteiger partial charge >= 0.3 is 0 Å². The second-order valence-corrected chi connectivity index (χ2v) is 8.71. The van der Waals surface area contributed by atoms with Crippen molar-refractivity contribution in [1.82, 2.24) is 19.7 Å². The first-order valence-electron chi connectivity index (χ1n) is 9.89. The highest BCUT2D eigenvalue weighted by Gasteiger charge is 2.31. The van der Waals surface area contributed by atoms with Crippen molar-refractivity contribution in [1.29, 1.82) is 0 Å². The second kappa shape index (κ2) is 9.53. The Labute approximate surface area is 189 Å². The van der Waals surface area contributed by atoms with E-state index in [4.69, 9.17) is 11.6 Å². The maximum Gasteiger partial charge on any atom is 0.234 e. The van der Waals surface area contributed by atoms with Crippen LogP contribution in [0.3, 0.4) is 0 Å². The molecule has 7 nitrogen and oxygen atoms in total. The van der Waals surface area contributed by atoms with Gasteiger partial charge in [-0.1, -0.05) is 65.8 Å². The molecule has 0 aliphatic carbocycles. The predicted molar refractivity (Wildman–Crippen MR) is 121 cm³/mol. The number of carbonyl (C=O) groups excluding carboxylic acids is 2. The number of rotatable bonds is 7. The van der Waals surface area contributed by atoms with Gasteiger partial charge < -0.3 is 14.8 Å². The summed E-state index contributed by atoms with van der Waals surface area (Å²) in [6.45, 7) is 1.07. The van der Waals surface area contributed by atoms with E-state index in [0.717, 1.165) is 0 Å². The Kier molecular flexibility index (Phi) is 6.58. The molecule has 4 rings (SSSR count). The lowest BCUT2D eigenvalue weighted by molar-refractivity contribution is -0.128. The van der Waals surface area contributed by atoms with Crippen molar-refractivity contribution < 1.29 is 9.59 Å². The molecule has 1 N–H and O–H groups in total. The monoisotopic (exact) mass is 455 g/mol. The van der Waals surface area contributed by atoms with Crippen LogP contribution >= 0.6 is 23.4 Å². The fourth-order valence-electron chi connectivity index (χ4n) is 3.53. The lowest BCUT2D eigenvalue weighted by Gasteiger charge is -2.16. The first kappa shape index (κ1) is 21.4. The van der Waals surface area contributed by atoms with E-state index in [1.807, 2.05) is 40.8 Å². The summed E-state index contributed by atoms with van der Waals surface area (Å²) in [7, 11) is 1.85. The van der Waals surface area contributed by atoms with Gasteiger partial charge in [-0.25, -0.2) is 0 Å². The van der Waals surface area contributed by atoms with Gasteiger partial charge in [-0.3, -0.25) is 9.59 Å². The highest BCUT2D eigenvalue weighted by molar-refractivity contribution is 7.99. The number of carbonyl (C=O) groups is 2. The highest BCUT2D eigenvalue weighted by Crippen LogP contribution is 2.29. The van der Waals surface area contributed by atoms with E-state index in [9.17, 15) is 9.59 Å². The lowest BCUT2D eigenvalue weighted by atomic mass is 9.99. The molecule has 9 heteroatoms. The number of hydrogen-bond acceptors (Lipinski definition) is 5. The summed E-state index contributed by atoms with van der Waals surface area (Å²) in [4.78, 5) is 26.6. The van der Waals surface area contributed by atoms with Gasteiger partial charge in [-0.2, -0.15) is 0 Å². The minimum Gasteiger partial charge on any atom is -0.335 e. The normalized spacial score (nSPS) is 16.0. The molecule has 2 aromatic carbocycles.